The first-order chi connectivity index (χ1) is 15.0. The Morgan fingerprint density at radius 3 is 2.68 bits per heavy atom. The summed E-state index contributed by atoms with van der Waals surface area (Å²) >= 11 is 0. The molecule has 4 rings (SSSR count). The highest BCUT2D eigenvalue weighted by Gasteiger charge is 2.22. The van der Waals surface area contributed by atoms with Crippen LogP contribution in [0.15, 0.2) is 48.7 Å². The number of carbonyl (C=O) groups is 1. The maximum absolute atomic E-state index is 13.6. The Bertz CT molecular complexity index is 1010. The monoisotopic (exact) mass is 421 g/mol. The van der Waals surface area contributed by atoms with Crippen LogP contribution in [0.25, 0.3) is 11.3 Å². The number of likely N-dealkylation sites (N-methyl/N-ethyl adjacent to an activating group) is 1. The SMILES string of the molecule is CC=O.Cc1ccc(-c2cc(Nc3cccc(F)c3)nc(C3CCCN(C)C3)n2)cn1. The van der Waals surface area contributed by atoms with Gasteiger partial charge in [-0.1, -0.05) is 6.07 Å². The number of likely N-dealkylation sites (tertiary alicyclic amines) is 1. The fraction of sp³-hybridized carbons (Fsp3) is 0.333. The summed E-state index contributed by atoms with van der Waals surface area (Å²) in [5.41, 5.74) is 3.40. The summed E-state index contributed by atoms with van der Waals surface area (Å²) in [5.74, 6) is 1.49. The second-order valence-corrected chi connectivity index (χ2v) is 7.66. The summed E-state index contributed by atoms with van der Waals surface area (Å²) in [4.78, 5) is 25.1. The molecule has 1 fully saturated rings. The zero-order valence-electron chi connectivity index (χ0n) is 18.2. The van der Waals surface area contributed by atoms with Gasteiger partial charge in [-0.25, -0.2) is 14.4 Å². The molecule has 1 unspecified atom stereocenters. The van der Waals surface area contributed by atoms with Crippen molar-refractivity contribution in [2.75, 3.05) is 25.5 Å². The molecule has 31 heavy (non-hydrogen) atoms. The number of anilines is 2. The van der Waals surface area contributed by atoms with E-state index in [0.717, 1.165) is 55.0 Å². The molecule has 3 heterocycles. The quantitative estimate of drug-likeness (QED) is 0.614. The summed E-state index contributed by atoms with van der Waals surface area (Å²) in [6, 6.07) is 12.3. The van der Waals surface area contributed by atoms with Gasteiger partial charge in [-0.05, 0) is 70.6 Å². The number of aryl methyl sites for hydroxylation is 1. The fourth-order valence-electron chi connectivity index (χ4n) is 3.57. The zero-order valence-corrected chi connectivity index (χ0v) is 18.2. The van der Waals surface area contributed by atoms with E-state index in [9.17, 15) is 4.39 Å². The molecule has 1 atom stereocenters. The number of carbonyl (C=O) groups excluding carboxylic acids is 1. The summed E-state index contributed by atoms with van der Waals surface area (Å²) in [6.07, 6.45) is 4.78. The lowest BCUT2D eigenvalue weighted by Crippen LogP contribution is -2.31. The van der Waals surface area contributed by atoms with Crippen LogP contribution in [0.1, 0.15) is 37.2 Å². The van der Waals surface area contributed by atoms with Crippen molar-refractivity contribution in [3.8, 4) is 11.3 Å². The lowest BCUT2D eigenvalue weighted by atomic mass is 9.97. The topological polar surface area (TPSA) is 71.0 Å². The van der Waals surface area contributed by atoms with Crippen molar-refractivity contribution < 1.29 is 9.18 Å². The Labute approximate surface area is 182 Å². The normalized spacial score (nSPS) is 16.2. The molecule has 3 aromatic rings. The second kappa shape index (κ2) is 10.7. The van der Waals surface area contributed by atoms with Crippen LogP contribution in [0.5, 0.6) is 0 Å². The van der Waals surface area contributed by atoms with Gasteiger partial charge in [-0.2, -0.15) is 0 Å². The Morgan fingerprint density at radius 2 is 2.00 bits per heavy atom. The smallest absolute Gasteiger partial charge is 0.135 e. The summed E-state index contributed by atoms with van der Waals surface area (Å²) in [7, 11) is 2.13. The molecule has 0 spiro atoms. The van der Waals surface area contributed by atoms with Crippen molar-refractivity contribution in [1.29, 1.82) is 0 Å². The van der Waals surface area contributed by atoms with Gasteiger partial charge in [0.05, 0.1) is 5.69 Å². The van der Waals surface area contributed by atoms with E-state index in [2.05, 4.69) is 22.2 Å². The third-order valence-corrected chi connectivity index (χ3v) is 5.04. The van der Waals surface area contributed by atoms with E-state index in [0.29, 0.717) is 11.5 Å². The number of piperidine rings is 1. The number of hydrogen-bond donors (Lipinski definition) is 1. The zero-order chi connectivity index (χ0) is 22.2. The van der Waals surface area contributed by atoms with Crippen LogP contribution in [0.2, 0.25) is 0 Å². The highest BCUT2D eigenvalue weighted by Crippen LogP contribution is 2.28. The Kier molecular flexibility index (Phi) is 7.78. The maximum atomic E-state index is 13.6. The van der Waals surface area contributed by atoms with Gasteiger partial charge in [-0.3, -0.25) is 4.98 Å². The largest absolute Gasteiger partial charge is 0.340 e. The van der Waals surface area contributed by atoms with E-state index >= 15 is 0 Å². The molecule has 1 aliphatic rings. The molecule has 1 aliphatic heterocycles. The molecule has 1 aromatic carbocycles. The summed E-state index contributed by atoms with van der Waals surface area (Å²) in [5, 5.41) is 3.23. The minimum Gasteiger partial charge on any atom is -0.340 e. The molecular formula is C24H28FN5O. The van der Waals surface area contributed by atoms with E-state index in [-0.39, 0.29) is 11.7 Å². The minimum atomic E-state index is -0.281. The lowest BCUT2D eigenvalue weighted by Gasteiger charge is -2.29. The standard InChI is InChI=1S/C22H24FN5.C2H4O/c1-15-8-9-16(13-24-15)20-12-21(25-19-7-3-6-18(23)11-19)27-22(26-20)17-5-4-10-28(2)14-17;1-2-3/h3,6-9,11-13,17H,4-5,10,14H2,1-2H3,(H,25,26,27);2H,1H3. The average Bonchev–Trinajstić information content (AvgIpc) is 2.75. The molecule has 0 radical (unpaired) electrons. The Balaban J connectivity index is 0.000000858. The molecule has 1 N–H and O–H groups in total. The van der Waals surface area contributed by atoms with Gasteiger partial charge in [0.1, 0.15) is 23.7 Å². The third-order valence-electron chi connectivity index (χ3n) is 5.04. The molecular weight excluding hydrogens is 393 g/mol. The van der Waals surface area contributed by atoms with E-state index in [1.54, 1.807) is 6.07 Å². The highest BCUT2D eigenvalue weighted by atomic mass is 19.1. The van der Waals surface area contributed by atoms with Crippen LogP contribution in [0, 0.1) is 12.7 Å². The van der Waals surface area contributed by atoms with Gasteiger partial charge in [-0.15, -0.1) is 0 Å². The number of hydrogen-bond acceptors (Lipinski definition) is 6. The molecule has 162 valence electrons. The van der Waals surface area contributed by atoms with E-state index in [4.69, 9.17) is 14.8 Å². The van der Waals surface area contributed by atoms with Crippen LogP contribution in [-0.4, -0.2) is 46.3 Å². The number of benzene rings is 1. The van der Waals surface area contributed by atoms with E-state index in [1.807, 2.05) is 37.4 Å². The van der Waals surface area contributed by atoms with Gasteiger partial charge < -0.3 is 15.0 Å². The number of nitrogens with one attached hydrogen (secondary N) is 1. The third kappa shape index (κ3) is 6.39. The van der Waals surface area contributed by atoms with Crippen molar-refractivity contribution in [2.45, 2.75) is 32.6 Å². The lowest BCUT2D eigenvalue weighted by molar-refractivity contribution is -0.106. The number of halogens is 1. The number of pyridine rings is 1. The highest BCUT2D eigenvalue weighted by molar-refractivity contribution is 5.65. The van der Waals surface area contributed by atoms with Crippen molar-refractivity contribution in [3.63, 3.8) is 0 Å². The van der Waals surface area contributed by atoms with Gasteiger partial charge in [0, 0.05) is 41.7 Å². The maximum Gasteiger partial charge on any atom is 0.135 e. The first kappa shape index (κ1) is 22.5. The number of nitrogens with zero attached hydrogens (tertiary/aromatic N) is 4. The van der Waals surface area contributed by atoms with Crippen LogP contribution >= 0.6 is 0 Å². The second-order valence-electron chi connectivity index (χ2n) is 7.66. The number of rotatable bonds is 4. The first-order valence-electron chi connectivity index (χ1n) is 10.4. The van der Waals surface area contributed by atoms with Gasteiger partial charge in [0.2, 0.25) is 0 Å². The molecule has 7 heteroatoms. The van der Waals surface area contributed by atoms with E-state index < -0.39 is 0 Å². The minimum absolute atomic E-state index is 0.281. The molecule has 0 amide bonds. The van der Waals surface area contributed by atoms with Gasteiger partial charge in [0.15, 0.2) is 0 Å². The molecule has 1 saturated heterocycles. The van der Waals surface area contributed by atoms with E-state index in [1.165, 1.54) is 19.1 Å². The predicted octanol–water partition coefficient (Wildman–Crippen LogP) is 4.74. The molecule has 0 bridgehead atoms. The van der Waals surface area contributed by atoms with Crippen molar-refractivity contribution >= 4 is 17.8 Å². The van der Waals surface area contributed by atoms with Crippen LogP contribution < -0.4 is 5.32 Å². The molecule has 2 aromatic heterocycles. The Hall–Kier alpha value is -3.19. The number of aldehydes is 1. The van der Waals surface area contributed by atoms with Gasteiger partial charge in [0.25, 0.3) is 0 Å². The Morgan fingerprint density at radius 1 is 1.19 bits per heavy atom. The summed E-state index contributed by atoms with van der Waals surface area (Å²) < 4.78 is 13.6. The molecule has 0 saturated carbocycles. The van der Waals surface area contributed by atoms with Crippen LogP contribution in [-0.2, 0) is 4.79 Å². The average molecular weight is 422 g/mol. The number of aromatic nitrogens is 3. The first-order valence-corrected chi connectivity index (χ1v) is 10.4. The van der Waals surface area contributed by atoms with Crippen molar-refractivity contribution in [1.82, 2.24) is 19.9 Å². The fourth-order valence-corrected chi connectivity index (χ4v) is 3.57. The van der Waals surface area contributed by atoms with Crippen molar-refractivity contribution in [3.05, 3.63) is 66.0 Å². The molecule has 6 nitrogen and oxygen atoms in total. The van der Waals surface area contributed by atoms with Crippen LogP contribution in [0.3, 0.4) is 0 Å². The summed E-state index contributed by atoms with van der Waals surface area (Å²) in [6.45, 7) is 5.45. The van der Waals surface area contributed by atoms with Crippen molar-refractivity contribution in [2.24, 2.45) is 0 Å². The molecule has 0 aliphatic carbocycles. The predicted molar refractivity (Wildman–Crippen MR) is 121 cm³/mol. The van der Waals surface area contributed by atoms with Crippen LogP contribution in [0.4, 0.5) is 15.9 Å². The van der Waals surface area contributed by atoms with Gasteiger partial charge >= 0.3 is 0 Å².